The van der Waals surface area contributed by atoms with Gasteiger partial charge in [0, 0.05) is 31.9 Å². The van der Waals surface area contributed by atoms with Gasteiger partial charge in [-0.1, -0.05) is 30.3 Å². The van der Waals surface area contributed by atoms with Crippen molar-refractivity contribution in [2.75, 3.05) is 28.6 Å². The van der Waals surface area contributed by atoms with Crippen LogP contribution in [0.4, 0.5) is 30.6 Å². The fraction of sp³-hybridized carbons (Fsp3) is 0.227. The lowest BCUT2D eigenvalue weighted by Gasteiger charge is -2.25. The minimum Gasteiger partial charge on any atom is -0.368 e. The molecule has 0 fully saturated rings. The van der Waals surface area contributed by atoms with Crippen LogP contribution < -0.4 is 15.5 Å². The lowest BCUT2D eigenvalue weighted by molar-refractivity contribution is -0.137. The molecule has 164 valence electrons. The van der Waals surface area contributed by atoms with Crippen molar-refractivity contribution in [3.63, 3.8) is 0 Å². The lowest BCUT2D eigenvalue weighted by Crippen LogP contribution is -2.32. The Hall–Kier alpha value is -3.82. The highest BCUT2D eigenvalue weighted by Gasteiger charge is 2.30. The molecule has 0 saturated heterocycles. The number of aromatic amines is 1. The molecular weight excluding hydrogens is 419 g/mol. The van der Waals surface area contributed by atoms with E-state index in [0.717, 1.165) is 17.3 Å². The van der Waals surface area contributed by atoms with Crippen LogP contribution in [0, 0.1) is 0 Å². The summed E-state index contributed by atoms with van der Waals surface area (Å²) in [6, 6.07) is 13.4. The molecule has 1 aliphatic rings. The molecule has 0 radical (unpaired) electrons. The lowest BCUT2D eigenvalue weighted by atomic mass is 10.1. The predicted molar refractivity (Wildman–Crippen MR) is 116 cm³/mol. The summed E-state index contributed by atoms with van der Waals surface area (Å²) < 4.78 is 39.5. The Morgan fingerprint density at radius 3 is 2.72 bits per heavy atom. The van der Waals surface area contributed by atoms with Gasteiger partial charge in [0.1, 0.15) is 5.52 Å². The summed E-state index contributed by atoms with van der Waals surface area (Å²) >= 11 is 0. The maximum Gasteiger partial charge on any atom is 0.416 e. The van der Waals surface area contributed by atoms with Crippen molar-refractivity contribution >= 4 is 28.6 Å². The molecule has 1 aliphatic heterocycles. The zero-order valence-electron chi connectivity index (χ0n) is 17.0. The highest BCUT2D eigenvalue weighted by Crippen LogP contribution is 2.32. The molecule has 0 unspecified atom stereocenters. The average molecular weight is 439 g/mol. The Bertz CT molecular complexity index is 1270. The standard InChI is InChI=1S/C22H20F3N7/c23-22(24,25)16-6-3-4-14(10-16)11-31-8-9-32(12-15-5-1-2-7-17(15)31)20-18-19(28-13-27-18)29-21(26)30-20/h1-7,10,13H,8-9,11-12H2,(H3,26,27,28,29,30). The highest BCUT2D eigenvalue weighted by molar-refractivity contribution is 5.84. The van der Waals surface area contributed by atoms with Crippen LogP contribution in [0.15, 0.2) is 54.9 Å². The molecule has 2 aromatic carbocycles. The average Bonchev–Trinajstić information content (AvgIpc) is 3.15. The summed E-state index contributed by atoms with van der Waals surface area (Å²) in [6.45, 7) is 2.12. The first-order chi connectivity index (χ1) is 15.4. The van der Waals surface area contributed by atoms with Gasteiger partial charge in [-0.2, -0.15) is 23.1 Å². The van der Waals surface area contributed by atoms with Crippen LogP contribution >= 0.6 is 0 Å². The number of para-hydroxylation sites is 1. The smallest absolute Gasteiger partial charge is 0.368 e. The van der Waals surface area contributed by atoms with Gasteiger partial charge >= 0.3 is 6.18 Å². The van der Waals surface area contributed by atoms with Crippen LogP contribution in [0.1, 0.15) is 16.7 Å². The van der Waals surface area contributed by atoms with E-state index in [9.17, 15) is 13.2 Å². The fourth-order valence-electron chi connectivity index (χ4n) is 4.07. The third-order valence-electron chi connectivity index (χ3n) is 5.54. The normalized spacial score (nSPS) is 14.5. The predicted octanol–water partition coefficient (Wildman–Crippen LogP) is 3.98. The van der Waals surface area contributed by atoms with E-state index in [0.29, 0.717) is 48.7 Å². The number of nitrogens with one attached hydrogen (secondary N) is 1. The Balaban J connectivity index is 1.48. The minimum absolute atomic E-state index is 0.137. The molecule has 0 bridgehead atoms. The highest BCUT2D eigenvalue weighted by atomic mass is 19.4. The molecule has 5 rings (SSSR count). The van der Waals surface area contributed by atoms with Crippen molar-refractivity contribution in [2.24, 2.45) is 0 Å². The number of imidazole rings is 1. The number of nitrogens with two attached hydrogens (primary N) is 1. The number of nitrogen functional groups attached to an aromatic ring is 1. The number of hydrogen-bond acceptors (Lipinski definition) is 6. The van der Waals surface area contributed by atoms with Gasteiger partial charge in [0.15, 0.2) is 11.5 Å². The summed E-state index contributed by atoms with van der Waals surface area (Å²) in [5.41, 5.74) is 9.07. The van der Waals surface area contributed by atoms with E-state index < -0.39 is 11.7 Å². The third kappa shape index (κ3) is 3.79. The number of hydrogen-bond donors (Lipinski definition) is 2. The molecule has 3 N–H and O–H groups in total. The number of fused-ring (bicyclic) bond motifs is 2. The summed E-state index contributed by atoms with van der Waals surface area (Å²) in [6.07, 6.45) is -2.82. The SMILES string of the molecule is Nc1nc(N2CCN(Cc3cccc(C(F)(F)F)c3)c3ccccc3C2)c2[nH]cnc2n1. The van der Waals surface area contributed by atoms with E-state index in [1.807, 2.05) is 24.3 Å². The molecule has 4 aromatic rings. The van der Waals surface area contributed by atoms with E-state index in [1.165, 1.54) is 12.1 Å². The van der Waals surface area contributed by atoms with Crippen molar-refractivity contribution < 1.29 is 13.2 Å². The van der Waals surface area contributed by atoms with E-state index in [-0.39, 0.29) is 5.95 Å². The summed E-state index contributed by atoms with van der Waals surface area (Å²) in [5, 5.41) is 0. The van der Waals surface area contributed by atoms with Crippen LogP contribution in [0.2, 0.25) is 0 Å². The van der Waals surface area contributed by atoms with Gasteiger partial charge < -0.3 is 20.5 Å². The van der Waals surface area contributed by atoms with Crippen molar-refractivity contribution in [1.29, 1.82) is 0 Å². The van der Waals surface area contributed by atoms with Gasteiger partial charge in [0.2, 0.25) is 5.95 Å². The Morgan fingerprint density at radius 1 is 1.03 bits per heavy atom. The number of halogens is 3. The van der Waals surface area contributed by atoms with E-state index in [4.69, 9.17) is 5.73 Å². The zero-order valence-corrected chi connectivity index (χ0v) is 17.0. The van der Waals surface area contributed by atoms with E-state index >= 15 is 0 Å². The molecule has 0 aliphatic carbocycles. The summed E-state index contributed by atoms with van der Waals surface area (Å²) in [5.74, 6) is 0.790. The van der Waals surface area contributed by atoms with Gasteiger partial charge in [0.05, 0.1) is 11.9 Å². The Morgan fingerprint density at radius 2 is 1.88 bits per heavy atom. The number of nitrogens with zero attached hydrogens (tertiary/aromatic N) is 5. The first-order valence-electron chi connectivity index (χ1n) is 10.1. The number of H-pyrrole nitrogens is 1. The molecule has 2 aromatic heterocycles. The Kier molecular flexibility index (Phi) is 4.84. The Labute approximate surface area is 181 Å². The molecule has 10 heteroatoms. The molecule has 32 heavy (non-hydrogen) atoms. The quantitative estimate of drug-likeness (QED) is 0.502. The molecule has 0 atom stereocenters. The van der Waals surface area contributed by atoms with Gasteiger partial charge in [-0.25, -0.2) is 4.98 Å². The van der Waals surface area contributed by atoms with Gasteiger partial charge in [-0.15, -0.1) is 0 Å². The first-order valence-corrected chi connectivity index (χ1v) is 10.1. The van der Waals surface area contributed by atoms with Crippen molar-refractivity contribution in [2.45, 2.75) is 19.3 Å². The van der Waals surface area contributed by atoms with Crippen molar-refractivity contribution in [3.8, 4) is 0 Å². The van der Waals surface area contributed by atoms with Crippen molar-refractivity contribution in [1.82, 2.24) is 19.9 Å². The number of aromatic nitrogens is 4. The topological polar surface area (TPSA) is 87.0 Å². The van der Waals surface area contributed by atoms with E-state index in [2.05, 4.69) is 29.7 Å². The van der Waals surface area contributed by atoms with Crippen LogP contribution in [-0.4, -0.2) is 33.0 Å². The molecular formula is C22H20F3N7. The first kappa shape index (κ1) is 20.1. The summed E-state index contributed by atoms with van der Waals surface area (Å²) in [4.78, 5) is 20.0. The number of anilines is 3. The number of alkyl halides is 3. The molecule has 0 spiro atoms. The number of rotatable bonds is 3. The molecule has 7 nitrogen and oxygen atoms in total. The second kappa shape index (κ2) is 7.70. The maximum atomic E-state index is 13.2. The van der Waals surface area contributed by atoms with Gasteiger partial charge in [-0.3, -0.25) is 0 Å². The van der Waals surface area contributed by atoms with Crippen LogP contribution in [-0.2, 0) is 19.3 Å². The zero-order chi connectivity index (χ0) is 22.3. The molecule has 0 saturated carbocycles. The van der Waals surface area contributed by atoms with Gasteiger partial charge in [0.25, 0.3) is 0 Å². The molecule has 3 heterocycles. The summed E-state index contributed by atoms with van der Waals surface area (Å²) in [7, 11) is 0. The second-order valence-electron chi connectivity index (χ2n) is 7.68. The van der Waals surface area contributed by atoms with Crippen LogP contribution in [0.5, 0.6) is 0 Å². The van der Waals surface area contributed by atoms with E-state index in [1.54, 1.807) is 12.4 Å². The van der Waals surface area contributed by atoms with Crippen LogP contribution in [0.3, 0.4) is 0 Å². The van der Waals surface area contributed by atoms with Crippen LogP contribution in [0.25, 0.3) is 11.2 Å². The van der Waals surface area contributed by atoms with Crippen molar-refractivity contribution in [3.05, 3.63) is 71.5 Å². The monoisotopic (exact) mass is 439 g/mol. The third-order valence-corrected chi connectivity index (χ3v) is 5.54. The molecule has 0 amide bonds. The minimum atomic E-state index is -4.37. The number of benzene rings is 2. The van der Waals surface area contributed by atoms with Gasteiger partial charge in [-0.05, 0) is 29.3 Å². The fourth-order valence-corrected chi connectivity index (χ4v) is 4.07. The maximum absolute atomic E-state index is 13.2. The largest absolute Gasteiger partial charge is 0.416 e. The second-order valence-corrected chi connectivity index (χ2v) is 7.68.